The van der Waals surface area contributed by atoms with Crippen LogP contribution in [-0.4, -0.2) is 35.4 Å². The Morgan fingerprint density at radius 2 is 1.58 bits per heavy atom. The van der Waals surface area contributed by atoms with E-state index in [-0.39, 0.29) is 23.1 Å². The number of hydrogen-bond donors (Lipinski definition) is 3. The summed E-state index contributed by atoms with van der Waals surface area (Å²) in [4.78, 5) is 0. The van der Waals surface area contributed by atoms with Crippen molar-refractivity contribution in [2.24, 2.45) is 5.41 Å². The molecule has 0 aliphatic carbocycles. The van der Waals surface area contributed by atoms with Crippen LogP contribution in [-0.2, 0) is 0 Å². The van der Waals surface area contributed by atoms with Gasteiger partial charge in [-0.05, 0) is 53.4 Å². The van der Waals surface area contributed by atoms with Gasteiger partial charge in [0, 0.05) is 35.7 Å². The third kappa shape index (κ3) is 4.73. The van der Waals surface area contributed by atoms with Gasteiger partial charge in [-0.25, -0.2) is 0 Å². The van der Waals surface area contributed by atoms with Gasteiger partial charge in [0.15, 0.2) is 0 Å². The van der Waals surface area contributed by atoms with Gasteiger partial charge in [0.25, 0.3) is 0 Å². The van der Waals surface area contributed by atoms with E-state index in [0.29, 0.717) is 6.04 Å². The van der Waals surface area contributed by atoms with E-state index in [1.807, 2.05) is 0 Å². The first-order valence-corrected chi connectivity index (χ1v) is 7.81. The third-order valence-corrected chi connectivity index (χ3v) is 4.79. The number of piperidine rings is 1. The monoisotopic (exact) mass is 270 g/mol. The first kappa shape index (κ1) is 16.9. The van der Waals surface area contributed by atoms with E-state index in [9.17, 15) is 5.11 Å². The summed E-state index contributed by atoms with van der Waals surface area (Å²) in [6.07, 6.45) is 4.35. The molecule has 0 unspecified atom stereocenters. The standard InChI is InChI=1S/C16H34N2O/c1-7-16(8-2,12-19)11-17-13-9-14(3,4)18-15(5,6)10-13/h13,17-19H,7-12H2,1-6H3. The summed E-state index contributed by atoms with van der Waals surface area (Å²) in [5, 5.41) is 17.1. The van der Waals surface area contributed by atoms with Crippen LogP contribution in [0.25, 0.3) is 0 Å². The van der Waals surface area contributed by atoms with E-state index in [1.165, 1.54) is 0 Å². The summed E-state index contributed by atoms with van der Waals surface area (Å²) >= 11 is 0. The fraction of sp³-hybridized carbons (Fsp3) is 1.00. The predicted octanol–water partition coefficient (Wildman–Crippen LogP) is 2.68. The van der Waals surface area contributed by atoms with E-state index in [4.69, 9.17) is 0 Å². The molecule has 19 heavy (non-hydrogen) atoms. The normalized spacial score (nSPS) is 23.5. The lowest BCUT2D eigenvalue weighted by atomic mass is 9.78. The van der Waals surface area contributed by atoms with Crippen LogP contribution in [0.2, 0.25) is 0 Å². The van der Waals surface area contributed by atoms with Crippen molar-refractivity contribution in [3.63, 3.8) is 0 Å². The molecule has 1 saturated heterocycles. The van der Waals surface area contributed by atoms with Gasteiger partial charge in [-0.1, -0.05) is 13.8 Å². The second-order valence-corrected chi connectivity index (χ2v) is 7.74. The van der Waals surface area contributed by atoms with Crippen molar-refractivity contribution in [2.45, 2.75) is 84.3 Å². The molecule has 0 atom stereocenters. The van der Waals surface area contributed by atoms with Gasteiger partial charge < -0.3 is 15.7 Å². The largest absolute Gasteiger partial charge is 0.396 e. The Morgan fingerprint density at radius 3 is 1.95 bits per heavy atom. The van der Waals surface area contributed by atoms with Crippen molar-refractivity contribution >= 4 is 0 Å². The lowest BCUT2D eigenvalue weighted by molar-refractivity contribution is 0.0924. The summed E-state index contributed by atoms with van der Waals surface area (Å²) in [5.41, 5.74) is 0.415. The molecular formula is C16H34N2O. The lowest BCUT2D eigenvalue weighted by Gasteiger charge is -2.47. The zero-order valence-corrected chi connectivity index (χ0v) is 13.8. The number of hydrogen-bond acceptors (Lipinski definition) is 3. The molecule has 0 bridgehead atoms. The summed E-state index contributed by atoms with van der Waals surface area (Å²) in [7, 11) is 0. The van der Waals surface area contributed by atoms with E-state index in [1.54, 1.807) is 0 Å². The van der Waals surface area contributed by atoms with Crippen molar-refractivity contribution in [2.75, 3.05) is 13.2 Å². The average molecular weight is 270 g/mol. The third-order valence-electron chi connectivity index (χ3n) is 4.79. The van der Waals surface area contributed by atoms with E-state index in [0.717, 1.165) is 32.2 Å². The van der Waals surface area contributed by atoms with Gasteiger partial charge in [-0.15, -0.1) is 0 Å². The van der Waals surface area contributed by atoms with Gasteiger partial charge in [-0.3, -0.25) is 0 Å². The molecule has 1 rings (SSSR count). The number of nitrogens with one attached hydrogen (secondary N) is 2. The van der Waals surface area contributed by atoms with Crippen molar-refractivity contribution in [1.29, 1.82) is 0 Å². The molecule has 3 N–H and O–H groups in total. The Hall–Kier alpha value is -0.120. The van der Waals surface area contributed by atoms with Crippen LogP contribution >= 0.6 is 0 Å². The molecule has 0 spiro atoms. The van der Waals surface area contributed by atoms with E-state index in [2.05, 4.69) is 52.2 Å². The number of rotatable bonds is 6. The molecule has 0 amide bonds. The lowest BCUT2D eigenvalue weighted by Crippen LogP contribution is -2.62. The molecule has 1 aliphatic heterocycles. The van der Waals surface area contributed by atoms with E-state index < -0.39 is 0 Å². The molecule has 1 aliphatic rings. The van der Waals surface area contributed by atoms with Crippen molar-refractivity contribution in [3.8, 4) is 0 Å². The predicted molar refractivity (Wildman–Crippen MR) is 82.4 cm³/mol. The molecule has 3 nitrogen and oxygen atoms in total. The molecule has 1 heterocycles. The number of aliphatic hydroxyl groups is 1. The first-order chi connectivity index (χ1) is 8.67. The highest BCUT2D eigenvalue weighted by molar-refractivity contribution is 5.00. The quantitative estimate of drug-likeness (QED) is 0.695. The summed E-state index contributed by atoms with van der Waals surface area (Å²) in [6, 6.07) is 0.537. The molecule has 1 fully saturated rings. The first-order valence-electron chi connectivity index (χ1n) is 7.81. The second kappa shape index (κ2) is 6.11. The van der Waals surface area contributed by atoms with Crippen molar-refractivity contribution < 1.29 is 5.11 Å². The molecule has 0 aromatic carbocycles. The molecule has 0 radical (unpaired) electrons. The fourth-order valence-electron chi connectivity index (χ4n) is 3.61. The minimum Gasteiger partial charge on any atom is -0.396 e. The molecule has 0 saturated carbocycles. The SMILES string of the molecule is CCC(CC)(CO)CNC1CC(C)(C)NC(C)(C)C1. The highest BCUT2D eigenvalue weighted by Crippen LogP contribution is 2.30. The maximum atomic E-state index is 9.66. The molecule has 3 heteroatoms. The Kier molecular flexibility index (Phi) is 5.44. The van der Waals surface area contributed by atoms with Gasteiger partial charge in [0.2, 0.25) is 0 Å². The number of aliphatic hydroxyl groups excluding tert-OH is 1. The van der Waals surface area contributed by atoms with Crippen molar-refractivity contribution in [1.82, 2.24) is 10.6 Å². The summed E-state index contributed by atoms with van der Waals surface area (Å²) in [6.45, 7) is 14.7. The minimum absolute atomic E-state index is 0.0547. The van der Waals surface area contributed by atoms with Crippen LogP contribution in [0, 0.1) is 5.41 Å². The highest BCUT2D eigenvalue weighted by Gasteiger charge is 2.38. The minimum atomic E-state index is 0.0547. The maximum Gasteiger partial charge on any atom is 0.0499 e. The molecule has 0 aromatic rings. The summed E-state index contributed by atoms with van der Waals surface area (Å²) in [5.74, 6) is 0. The maximum absolute atomic E-state index is 9.66. The van der Waals surface area contributed by atoms with Crippen LogP contribution in [0.3, 0.4) is 0 Å². The van der Waals surface area contributed by atoms with Gasteiger partial charge >= 0.3 is 0 Å². The Bertz CT molecular complexity index is 258. The van der Waals surface area contributed by atoms with Crippen LogP contribution in [0.1, 0.15) is 67.2 Å². The molecular weight excluding hydrogens is 236 g/mol. The molecule has 0 aromatic heterocycles. The Morgan fingerprint density at radius 1 is 1.11 bits per heavy atom. The van der Waals surface area contributed by atoms with E-state index >= 15 is 0 Å². The Balaban J connectivity index is 2.62. The van der Waals surface area contributed by atoms with Crippen LogP contribution in [0.4, 0.5) is 0 Å². The van der Waals surface area contributed by atoms with Gasteiger partial charge in [-0.2, -0.15) is 0 Å². The van der Waals surface area contributed by atoms with Gasteiger partial charge in [0.05, 0.1) is 0 Å². The van der Waals surface area contributed by atoms with Crippen LogP contribution in [0.5, 0.6) is 0 Å². The van der Waals surface area contributed by atoms with Gasteiger partial charge in [0.1, 0.15) is 0 Å². The highest BCUT2D eigenvalue weighted by atomic mass is 16.3. The second-order valence-electron chi connectivity index (χ2n) is 7.74. The average Bonchev–Trinajstić information content (AvgIpc) is 2.27. The van der Waals surface area contributed by atoms with Crippen LogP contribution in [0.15, 0.2) is 0 Å². The zero-order valence-electron chi connectivity index (χ0n) is 13.8. The fourth-order valence-corrected chi connectivity index (χ4v) is 3.61. The molecule has 114 valence electrons. The Labute approximate surface area is 119 Å². The zero-order chi connectivity index (χ0) is 14.7. The smallest absolute Gasteiger partial charge is 0.0499 e. The van der Waals surface area contributed by atoms with Crippen LogP contribution < -0.4 is 10.6 Å². The topological polar surface area (TPSA) is 44.3 Å². The van der Waals surface area contributed by atoms with Crippen molar-refractivity contribution in [3.05, 3.63) is 0 Å². The summed E-state index contributed by atoms with van der Waals surface area (Å²) < 4.78 is 0.